The Morgan fingerprint density at radius 2 is 1.35 bits per heavy atom. The first-order valence-electron chi connectivity index (χ1n) is 30.3. The van der Waals surface area contributed by atoms with Crippen LogP contribution in [-0.2, 0) is 10.8 Å². The van der Waals surface area contributed by atoms with Crippen LogP contribution in [0.4, 0.5) is 0 Å². The molecule has 2 spiro atoms. The normalized spacial score (nSPS) is 35.4. The maximum Gasteiger partial charge on any atom is 0.129 e. The molecule has 13 aliphatic rings. The molecular formula is C75H74N2. The first-order chi connectivity index (χ1) is 37.9. The molecule has 0 aromatic heterocycles. The monoisotopic (exact) mass is 1000 g/mol. The summed E-state index contributed by atoms with van der Waals surface area (Å²) in [5, 5.41) is 4.05. The quantitative estimate of drug-likeness (QED) is 0.253. The molecule has 77 heavy (non-hydrogen) atoms. The highest BCUT2D eigenvalue weighted by Crippen LogP contribution is 2.76. The standard InChI is InChI=1S/C75H74N2/c1-73(2)60-24-10-6-20-54(60)58-43-41-53(45-68(58)73)72-76-70(50-36-32-48(33-37-50)47-18-4-3-5-19-47)46-71(77-72)51-38-34-49(35-39-51)52-40-42-59-57-23-9-13-27-63(57)75(69(59)44-52)66-30-16-14-28-64(66)74(65-29-15-17-31-67(65)75)61-25-11-7-21-55(61)56-22-8-12-26-62(56)74/h3-7,9-10,12-13,16-21,23-24,26-27,30-32,34,38,40-44,46,50,56,59,62,64,66,68-70H,8,11,14-15,22,25,28-29,33,35-37,39,45H2,1-2H3,(H,76,77). The molecule has 0 bridgehead atoms. The zero-order chi connectivity index (χ0) is 51.0. The molecule has 1 heterocycles. The maximum absolute atomic E-state index is 5.70. The number of hydrogen-bond donors (Lipinski definition) is 1. The van der Waals surface area contributed by atoms with Gasteiger partial charge in [0.15, 0.2) is 0 Å². The fraction of sp³-hybridized carbons (Fsp3) is 0.373. The van der Waals surface area contributed by atoms with Crippen molar-refractivity contribution in [1.29, 1.82) is 0 Å². The molecule has 0 fully saturated rings. The SMILES string of the molecule is CC1(C)c2ccccc2C2=CC=C(C3=NC(C4CC=C(c5ccccc5)CC4)C=C(C4=CC=C(C5=CC6C(C=C5)c5ccccc5C65C6=C(CCC=C6)C6(C7=C(C=CCC7)C7CCC=CC76)C6CCC=CC65)CC4)N3)CC21. The highest BCUT2D eigenvalue weighted by atomic mass is 15.1. The highest BCUT2D eigenvalue weighted by Gasteiger charge is 2.69. The van der Waals surface area contributed by atoms with E-state index in [1.807, 2.05) is 11.1 Å². The van der Waals surface area contributed by atoms with E-state index in [0.717, 1.165) is 50.8 Å². The Balaban J connectivity index is 0.771. The Morgan fingerprint density at radius 3 is 2.21 bits per heavy atom. The van der Waals surface area contributed by atoms with Gasteiger partial charge in [-0.05, 0) is 209 Å². The van der Waals surface area contributed by atoms with Gasteiger partial charge < -0.3 is 5.32 Å². The van der Waals surface area contributed by atoms with E-state index in [-0.39, 0.29) is 22.3 Å². The summed E-state index contributed by atoms with van der Waals surface area (Å²) >= 11 is 0. The van der Waals surface area contributed by atoms with Crippen LogP contribution in [0.5, 0.6) is 0 Å². The van der Waals surface area contributed by atoms with Crippen molar-refractivity contribution in [1.82, 2.24) is 5.32 Å². The molecule has 12 aliphatic carbocycles. The number of aliphatic imine (C=N–C) groups is 1. The molecule has 11 atom stereocenters. The van der Waals surface area contributed by atoms with Crippen LogP contribution in [0.1, 0.15) is 137 Å². The molecule has 2 heteroatoms. The van der Waals surface area contributed by atoms with Crippen molar-refractivity contribution in [2.45, 2.75) is 127 Å². The average Bonchev–Trinajstić information content (AvgIpc) is 4.11. The lowest BCUT2D eigenvalue weighted by molar-refractivity contribution is 0.0518. The zero-order valence-electron chi connectivity index (χ0n) is 45.4. The fourth-order valence-electron chi connectivity index (χ4n) is 19.2. The molecule has 3 aromatic rings. The molecule has 16 rings (SSSR count). The van der Waals surface area contributed by atoms with E-state index in [1.165, 1.54) is 101 Å². The average molecular weight is 1000 g/mol. The summed E-state index contributed by atoms with van der Waals surface area (Å²) in [6.45, 7) is 4.91. The molecule has 1 N–H and O–H groups in total. The molecule has 0 amide bonds. The minimum Gasteiger partial charge on any atom is -0.340 e. The first kappa shape index (κ1) is 46.6. The van der Waals surface area contributed by atoms with Crippen LogP contribution < -0.4 is 5.32 Å². The van der Waals surface area contributed by atoms with Crippen molar-refractivity contribution >= 4 is 17.0 Å². The van der Waals surface area contributed by atoms with Gasteiger partial charge in [0.05, 0.1) is 6.04 Å². The molecule has 11 unspecified atom stereocenters. The van der Waals surface area contributed by atoms with Gasteiger partial charge in [-0.25, -0.2) is 0 Å². The predicted octanol–water partition coefficient (Wildman–Crippen LogP) is 17.7. The van der Waals surface area contributed by atoms with E-state index in [9.17, 15) is 0 Å². The van der Waals surface area contributed by atoms with E-state index in [1.54, 1.807) is 22.3 Å². The van der Waals surface area contributed by atoms with Crippen LogP contribution in [0, 0.1) is 46.8 Å². The van der Waals surface area contributed by atoms with E-state index in [0.29, 0.717) is 47.3 Å². The Bertz CT molecular complexity index is 3530. The lowest BCUT2D eigenvalue weighted by Gasteiger charge is -2.62. The summed E-state index contributed by atoms with van der Waals surface area (Å²) in [6, 6.07) is 30.1. The van der Waals surface area contributed by atoms with E-state index in [4.69, 9.17) is 4.99 Å². The van der Waals surface area contributed by atoms with Crippen LogP contribution >= 0.6 is 0 Å². The zero-order valence-corrected chi connectivity index (χ0v) is 45.4. The van der Waals surface area contributed by atoms with E-state index < -0.39 is 0 Å². The number of nitrogens with zero attached hydrogens (tertiary/aromatic N) is 1. The third-order valence-electron chi connectivity index (χ3n) is 22.4. The maximum atomic E-state index is 5.70. The molecule has 0 saturated heterocycles. The van der Waals surface area contributed by atoms with Crippen LogP contribution in [0.15, 0.2) is 237 Å². The third-order valence-corrected chi connectivity index (χ3v) is 22.4. The van der Waals surface area contributed by atoms with Crippen LogP contribution in [0.25, 0.3) is 11.1 Å². The molecule has 0 saturated carbocycles. The van der Waals surface area contributed by atoms with Gasteiger partial charge in [-0.2, -0.15) is 0 Å². The van der Waals surface area contributed by atoms with Crippen LogP contribution in [0.3, 0.4) is 0 Å². The summed E-state index contributed by atoms with van der Waals surface area (Å²) in [5.74, 6) is 4.98. The van der Waals surface area contributed by atoms with Gasteiger partial charge in [0.1, 0.15) is 5.84 Å². The lowest BCUT2D eigenvalue weighted by atomic mass is 9.40. The molecule has 2 nitrogen and oxygen atoms in total. The molecule has 3 aromatic carbocycles. The van der Waals surface area contributed by atoms with Crippen molar-refractivity contribution in [2.24, 2.45) is 51.8 Å². The minimum atomic E-state index is -0.105. The number of amidine groups is 1. The Kier molecular flexibility index (Phi) is 10.7. The number of allylic oxidation sites excluding steroid dienone is 25. The third kappa shape index (κ3) is 6.69. The number of fused-ring (bicyclic) bond motifs is 17. The minimum absolute atomic E-state index is 0.0641. The number of benzene rings is 3. The predicted molar refractivity (Wildman–Crippen MR) is 319 cm³/mol. The molecule has 1 aliphatic heterocycles. The molecule has 0 radical (unpaired) electrons. The smallest absolute Gasteiger partial charge is 0.129 e. The Hall–Kier alpha value is -6.51. The first-order valence-corrected chi connectivity index (χ1v) is 30.3. The van der Waals surface area contributed by atoms with Gasteiger partial charge in [-0.15, -0.1) is 0 Å². The van der Waals surface area contributed by atoms with Gasteiger partial charge in [-0.1, -0.05) is 201 Å². The summed E-state index contributed by atoms with van der Waals surface area (Å²) in [6.07, 6.45) is 60.2. The van der Waals surface area contributed by atoms with Gasteiger partial charge in [0.2, 0.25) is 0 Å². The number of nitrogens with one attached hydrogen (secondary N) is 1. The topological polar surface area (TPSA) is 24.4 Å². The number of rotatable bonds is 5. The van der Waals surface area contributed by atoms with Crippen molar-refractivity contribution in [2.75, 3.05) is 0 Å². The summed E-state index contributed by atoms with van der Waals surface area (Å²) in [5.41, 5.74) is 24.7. The van der Waals surface area contributed by atoms with Gasteiger partial charge in [0, 0.05) is 28.4 Å². The highest BCUT2D eigenvalue weighted by molar-refractivity contribution is 6.02. The molecular weight excluding hydrogens is 929 g/mol. The summed E-state index contributed by atoms with van der Waals surface area (Å²) < 4.78 is 0. The van der Waals surface area contributed by atoms with Crippen molar-refractivity contribution in [3.63, 3.8) is 0 Å². The van der Waals surface area contributed by atoms with E-state index >= 15 is 0 Å². The van der Waals surface area contributed by atoms with Crippen molar-refractivity contribution in [3.05, 3.63) is 260 Å². The second-order valence-electron chi connectivity index (χ2n) is 25.9. The fourth-order valence-corrected chi connectivity index (χ4v) is 19.2. The van der Waals surface area contributed by atoms with Gasteiger partial charge >= 0.3 is 0 Å². The van der Waals surface area contributed by atoms with Crippen molar-refractivity contribution in [3.8, 4) is 0 Å². The summed E-state index contributed by atoms with van der Waals surface area (Å²) in [7, 11) is 0. The van der Waals surface area contributed by atoms with Crippen molar-refractivity contribution < 1.29 is 0 Å². The second-order valence-corrected chi connectivity index (χ2v) is 25.9. The summed E-state index contributed by atoms with van der Waals surface area (Å²) in [4.78, 5) is 5.70. The van der Waals surface area contributed by atoms with Gasteiger partial charge in [0.25, 0.3) is 0 Å². The Morgan fingerprint density at radius 1 is 0.584 bits per heavy atom. The molecule has 384 valence electrons. The largest absolute Gasteiger partial charge is 0.340 e. The van der Waals surface area contributed by atoms with E-state index in [2.05, 4.69) is 201 Å². The second kappa shape index (κ2) is 17.8. The van der Waals surface area contributed by atoms with Gasteiger partial charge in [-0.3, -0.25) is 4.99 Å². The number of hydrogen-bond acceptors (Lipinski definition) is 2. The van der Waals surface area contributed by atoms with Crippen LogP contribution in [-0.4, -0.2) is 11.9 Å². The lowest BCUT2D eigenvalue weighted by Crippen LogP contribution is -2.57. The Labute approximate surface area is 458 Å². The van der Waals surface area contributed by atoms with Crippen LogP contribution in [0.2, 0.25) is 0 Å².